The number of aromatic nitrogens is 2. The van der Waals surface area contributed by atoms with Crippen LogP contribution in [0.3, 0.4) is 0 Å². The molecule has 2 unspecified atom stereocenters. The highest BCUT2D eigenvalue weighted by molar-refractivity contribution is 6.06. The minimum absolute atomic E-state index is 0.191. The highest BCUT2D eigenvalue weighted by atomic mass is 16.4. The molecule has 0 saturated carbocycles. The summed E-state index contributed by atoms with van der Waals surface area (Å²) in [5.41, 5.74) is 0.909. The van der Waals surface area contributed by atoms with Gasteiger partial charge in [0.25, 0.3) is 5.91 Å². The van der Waals surface area contributed by atoms with Crippen molar-refractivity contribution in [3.05, 3.63) is 30.0 Å². The minimum Gasteiger partial charge on any atom is -0.480 e. The van der Waals surface area contributed by atoms with Crippen LogP contribution in [0.1, 0.15) is 43.6 Å². The van der Waals surface area contributed by atoms with Crippen molar-refractivity contribution in [2.45, 2.75) is 45.2 Å². The average molecular weight is 346 g/mol. The van der Waals surface area contributed by atoms with Gasteiger partial charge in [0.1, 0.15) is 12.1 Å². The molecule has 0 saturated heterocycles. The summed E-state index contributed by atoms with van der Waals surface area (Å²) in [4.78, 5) is 35.7. The molecule has 8 nitrogen and oxygen atoms in total. The number of rotatable bonds is 8. The number of para-hydroxylation sites is 1. The fourth-order valence-electron chi connectivity index (χ4n) is 2.43. The Hall–Kier alpha value is -2.90. The molecule has 134 valence electrons. The normalized spacial score (nSPS) is 13.2. The Morgan fingerprint density at radius 2 is 1.96 bits per heavy atom. The molecule has 0 bridgehead atoms. The number of hydrogen-bond acceptors (Lipinski definition) is 4. The number of fused-ring (bicyclic) bond motifs is 1. The molecule has 4 N–H and O–H groups in total. The SMILES string of the molecule is CCCCC(NC(=O)C(C)NC(=O)c1n[nH]c2ccccc12)C(=O)O. The van der Waals surface area contributed by atoms with Crippen molar-refractivity contribution < 1.29 is 19.5 Å². The summed E-state index contributed by atoms with van der Waals surface area (Å²) in [5, 5.41) is 21.5. The van der Waals surface area contributed by atoms with E-state index in [4.69, 9.17) is 5.11 Å². The number of carboxylic acid groups (broad SMARTS) is 1. The van der Waals surface area contributed by atoms with E-state index in [1.165, 1.54) is 6.92 Å². The Morgan fingerprint density at radius 3 is 2.64 bits per heavy atom. The lowest BCUT2D eigenvalue weighted by Gasteiger charge is -2.18. The molecule has 0 aliphatic heterocycles. The number of aromatic amines is 1. The zero-order valence-electron chi connectivity index (χ0n) is 14.2. The molecular formula is C17H22N4O4. The van der Waals surface area contributed by atoms with Gasteiger partial charge in [-0.15, -0.1) is 0 Å². The molecule has 1 aromatic carbocycles. The molecule has 1 aromatic heterocycles. The molecule has 2 atom stereocenters. The number of carbonyl (C=O) groups is 3. The molecule has 2 rings (SSSR count). The first kappa shape index (κ1) is 18.4. The van der Waals surface area contributed by atoms with Crippen molar-refractivity contribution in [3.8, 4) is 0 Å². The van der Waals surface area contributed by atoms with E-state index in [0.29, 0.717) is 18.2 Å². The maximum atomic E-state index is 12.3. The third-order valence-electron chi connectivity index (χ3n) is 3.89. The lowest BCUT2D eigenvalue weighted by molar-refractivity contribution is -0.142. The van der Waals surface area contributed by atoms with Crippen molar-refractivity contribution in [3.63, 3.8) is 0 Å². The van der Waals surface area contributed by atoms with Gasteiger partial charge in [-0.2, -0.15) is 5.10 Å². The second-order valence-electron chi connectivity index (χ2n) is 5.85. The zero-order valence-corrected chi connectivity index (χ0v) is 14.2. The quantitative estimate of drug-likeness (QED) is 0.576. The van der Waals surface area contributed by atoms with Gasteiger partial charge < -0.3 is 15.7 Å². The Kier molecular flexibility index (Phi) is 6.10. The van der Waals surface area contributed by atoms with Gasteiger partial charge >= 0.3 is 5.97 Å². The van der Waals surface area contributed by atoms with Crippen molar-refractivity contribution in [1.29, 1.82) is 0 Å². The van der Waals surface area contributed by atoms with Gasteiger partial charge in [-0.1, -0.05) is 38.0 Å². The van der Waals surface area contributed by atoms with Gasteiger partial charge in [-0.3, -0.25) is 14.7 Å². The predicted octanol–water partition coefficient (Wildman–Crippen LogP) is 1.44. The second kappa shape index (κ2) is 8.27. The van der Waals surface area contributed by atoms with Crippen LogP contribution in [0.5, 0.6) is 0 Å². The molecule has 0 spiro atoms. The van der Waals surface area contributed by atoms with Crippen LogP contribution in [0.2, 0.25) is 0 Å². The Balaban J connectivity index is 2.00. The van der Waals surface area contributed by atoms with Gasteiger partial charge in [0, 0.05) is 5.39 Å². The number of H-pyrrole nitrogens is 1. The van der Waals surface area contributed by atoms with Crippen LogP contribution >= 0.6 is 0 Å². The fourth-order valence-corrected chi connectivity index (χ4v) is 2.43. The van der Waals surface area contributed by atoms with E-state index < -0.39 is 29.9 Å². The predicted molar refractivity (Wildman–Crippen MR) is 92.1 cm³/mol. The summed E-state index contributed by atoms with van der Waals surface area (Å²) in [5.74, 6) is -2.13. The van der Waals surface area contributed by atoms with E-state index in [0.717, 1.165) is 11.9 Å². The highest BCUT2D eigenvalue weighted by Crippen LogP contribution is 2.14. The third-order valence-corrected chi connectivity index (χ3v) is 3.89. The summed E-state index contributed by atoms with van der Waals surface area (Å²) in [6, 6.07) is 5.31. The molecule has 0 aliphatic rings. The molecule has 0 radical (unpaired) electrons. The lowest BCUT2D eigenvalue weighted by Crippen LogP contribution is -2.50. The fraction of sp³-hybridized carbons (Fsp3) is 0.412. The van der Waals surface area contributed by atoms with Crippen LogP contribution in [0, 0.1) is 0 Å². The number of unbranched alkanes of at least 4 members (excludes halogenated alkanes) is 1. The standard InChI is InChI=1S/C17H22N4O4/c1-3-4-8-13(17(24)25)19-15(22)10(2)18-16(23)14-11-7-5-6-9-12(11)20-21-14/h5-7,9-10,13H,3-4,8H2,1-2H3,(H,18,23)(H,19,22)(H,20,21)(H,24,25). The summed E-state index contributed by atoms with van der Waals surface area (Å²) in [6.07, 6.45) is 1.87. The van der Waals surface area contributed by atoms with Crippen molar-refractivity contribution in [2.75, 3.05) is 0 Å². The Labute approximate surface area is 145 Å². The summed E-state index contributed by atoms with van der Waals surface area (Å²) < 4.78 is 0. The number of nitrogens with one attached hydrogen (secondary N) is 3. The minimum atomic E-state index is -1.08. The number of aliphatic carboxylic acids is 1. The van der Waals surface area contributed by atoms with E-state index in [9.17, 15) is 14.4 Å². The number of carboxylic acids is 1. The molecule has 0 aliphatic carbocycles. The molecule has 2 amide bonds. The van der Waals surface area contributed by atoms with Crippen LogP contribution in [0.4, 0.5) is 0 Å². The molecule has 0 fully saturated rings. The second-order valence-corrected chi connectivity index (χ2v) is 5.85. The van der Waals surface area contributed by atoms with Gasteiger partial charge in [0.15, 0.2) is 5.69 Å². The van der Waals surface area contributed by atoms with Gasteiger partial charge in [-0.05, 0) is 19.4 Å². The molecule has 1 heterocycles. The first-order chi connectivity index (χ1) is 11.9. The molecule has 2 aromatic rings. The number of nitrogens with zero attached hydrogens (tertiary/aromatic N) is 1. The Bertz CT molecular complexity index is 771. The maximum absolute atomic E-state index is 12.3. The van der Waals surface area contributed by atoms with Gasteiger partial charge in [0.05, 0.1) is 5.52 Å². The summed E-state index contributed by atoms with van der Waals surface area (Å²) >= 11 is 0. The summed E-state index contributed by atoms with van der Waals surface area (Å²) in [7, 11) is 0. The van der Waals surface area contributed by atoms with E-state index in [2.05, 4.69) is 20.8 Å². The smallest absolute Gasteiger partial charge is 0.326 e. The van der Waals surface area contributed by atoms with Crippen molar-refractivity contribution in [2.24, 2.45) is 0 Å². The number of benzene rings is 1. The molecular weight excluding hydrogens is 324 g/mol. The van der Waals surface area contributed by atoms with Gasteiger partial charge in [0.2, 0.25) is 5.91 Å². The van der Waals surface area contributed by atoms with Crippen LogP contribution in [-0.4, -0.2) is 45.2 Å². The van der Waals surface area contributed by atoms with Gasteiger partial charge in [-0.25, -0.2) is 4.79 Å². The number of hydrogen-bond donors (Lipinski definition) is 4. The largest absolute Gasteiger partial charge is 0.480 e. The third kappa shape index (κ3) is 4.56. The van der Waals surface area contributed by atoms with E-state index in [-0.39, 0.29) is 5.69 Å². The number of amides is 2. The van der Waals surface area contributed by atoms with E-state index >= 15 is 0 Å². The molecule has 25 heavy (non-hydrogen) atoms. The Morgan fingerprint density at radius 1 is 1.24 bits per heavy atom. The first-order valence-electron chi connectivity index (χ1n) is 8.21. The van der Waals surface area contributed by atoms with Crippen LogP contribution < -0.4 is 10.6 Å². The number of carbonyl (C=O) groups excluding carboxylic acids is 2. The van der Waals surface area contributed by atoms with E-state index in [1.807, 2.05) is 13.0 Å². The molecule has 8 heteroatoms. The van der Waals surface area contributed by atoms with Crippen LogP contribution in [0.15, 0.2) is 24.3 Å². The van der Waals surface area contributed by atoms with Crippen LogP contribution in [0.25, 0.3) is 10.9 Å². The van der Waals surface area contributed by atoms with Crippen molar-refractivity contribution >= 4 is 28.7 Å². The first-order valence-corrected chi connectivity index (χ1v) is 8.21. The topological polar surface area (TPSA) is 124 Å². The maximum Gasteiger partial charge on any atom is 0.326 e. The van der Waals surface area contributed by atoms with Crippen molar-refractivity contribution in [1.82, 2.24) is 20.8 Å². The average Bonchev–Trinajstić information content (AvgIpc) is 3.02. The lowest BCUT2D eigenvalue weighted by atomic mass is 10.1. The van der Waals surface area contributed by atoms with E-state index in [1.54, 1.807) is 18.2 Å². The monoisotopic (exact) mass is 346 g/mol. The van der Waals surface area contributed by atoms with Crippen LogP contribution in [-0.2, 0) is 9.59 Å². The highest BCUT2D eigenvalue weighted by Gasteiger charge is 2.24. The summed E-state index contributed by atoms with van der Waals surface area (Å²) in [6.45, 7) is 3.44. The zero-order chi connectivity index (χ0) is 18.4.